The van der Waals surface area contributed by atoms with Gasteiger partial charge in [-0.1, -0.05) is 24.3 Å². The predicted molar refractivity (Wildman–Crippen MR) is 136 cm³/mol. The van der Waals surface area contributed by atoms with Crippen LogP contribution in [0.5, 0.6) is 5.75 Å². The van der Waals surface area contributed by atoms with Gasteiger partial charge in [-0.2, -0.15) is 0 Å². The number of fused-ring (bicyclic) bond motifs is 1. The third-order valence-corrected chi connectivity index (χ3v) is 7.26. The average molecular weight is 496 g/mol. The van der Waals surface area contributed by atoms with Crippen LogP contribution in [0.1, 0.15) is 23.7 Å². The number of methoxy groups -OCH3 is 1. The molecule has 2 N–H and O–H groups in total. The maximum absolute atomic E-state index is 13.1. The minimum Gasteiger partial charge on any atom is -0.497 e. The number of carbonyl (C=O) groups excluding carboxylic acids is 2. The van der Waals surface area contributed by atoms with Gasteiger partial charge < -0.3 is 15.4 Å². The highest BCUT2D eigenvalue weighted by Crippen LogP contribution is 2.32. The largest absolute Gasteiger partial charge is 0.497 e. The molecule has 2 amide bonds. The fraction of sp³-hybridized carbons (Fsp3) is 0.160. The molecular formula is C25H22FN3O3S2. The van der Waals surface area contributed by atoms with Crippen molar-refractivity contribution in [3.8, 4) is 5.75 Å². The first-order valence-electron chi connectivity index (χ1n) is 10.5. The minimum absolute atomic E-state index is 0.140. The van der Waals surface area contributed by atoms with E-state index in [1.54, 1.807) is 13.2 Å². The first kappa shape index (κ1) is 23.7. The Morgan fingerprint density at radius 3 is 2.62 bits per heavy atom. The van der Waals surface area contributed by atoms with Gasteiger partial charge in [-0.05, 0) is 67.1 Å². The number of hydrogen-bond donors (Lipinski definition) is 2. The summed E-state index contributed by atoms with van der Waals surface area (Å²) in [7, 11) is 1.61. The summed E-state index contributed by atoms with van der Waals surface area (Å²) in [5.74, 6) is -0.134. The van der Waals surface area contributed by atoms with E-state index in [0.717, 1.165) is 20.9 Å². The van der Waals surface area contributed by atoms with Crippen molar-refractivity contribution < 1.29 is 18.7 Å². The molecule has 1 atom stereocenters. The molecule has 1 unspecified atom stereocenters. The lowest BCUT2D eigenvalue weighted by molar-refractivity contribution is -0.115. The predicted octanol–water partition coefficient (Wildman–Crippen LogP) is 6.21. The third-order valence-electron chi connectivity index (χ3n) is 4.97. The van der Waals surface area contributed by atoms with Crippen molar-refractivity contribution in [1.29, 1.82) is 0 Å². The summed E-state index contributed by atoms with van der Waals surface area (Å²) in [5.41, 5.74) is 1.75. The fourth-order valence-electron chi connectivity index (χ4n) is 3.21. The minimum atomic E-state index is -0.399. The zero-order chi connectivity index (χ0) is 24.1. The Morgan fingerprint density at radius 1 is 1.09 bits per heavy atom. The monoisotopic (exact) mass is 495 g/mol. The molecular weight excluding hydrogens is 473 g/mol. The number of halogens is 1. The van der Waals surface area contributed by atoms with E-state index in [1.807, 2.05) is 43.3 Å². The molecule has 0 spiro atoms. The topological polar surface area (TPSA) is 80.3 Å². The second-order valence-electron chi connectivity index (χ2n) is 7.35. The summed E-state index contributed by atoms with van der Waals surface area (Å²) in [6.45, 7) is 1.95. The molecule has 34 heavy (non-hydrogen) atoms. The van der Waals surface area contributed by atoms with Gasteiger partial charge in [0.15, 0.2) is 5.13 Å². The molecule has 0 bridgehead atoms. The van der Waals surface area contributed by atoms with Gasteiger partial charge in [-0.15, -0.1) is 11.8 Å². The first-order valence-corrected chi connectivity index (χ1v) is 12.2. The van der Waals surface area contributed by atoms with Crippen molar-refractivity contribution in [2.24, 2.45) is 0 Å². The van der Waals surface area contributed by atoms with Crippen LogP contribution in [-0.2, 0) is 4.79 Å². The second kappa shape index (κ2) is 10.7. The molecule has 174 valence electrons. The number of anilines is 2. The average Bonchev–Trinajstić information content (AvgIpc) is 3.24. The number of rotatable bonds is 8. The zero-order valence-electron chi connectivity index (χ0n) is 18.5. The van der Waals surface area contributed by atoms with Gasteiger partial charge in [0.1, 0.15) is 11.6 Å². The van der Waals surface area contributed by atoms with Crippen molar-refractivity contribution in [3.05, 3.63) is 78.1 Å². The van der Waals surface area contributed by atoms with Crippen LogP contribution in [0.3, 0.4) is 0 Å². The van der Waals surface area contributed by atoms with E-state index < -0.39 is 5.82 Å². The molecule has 9 heteroatoms. The molecule has 0 aliphatic rings. The molecule has 4 aromatic rings. The lowest BCUT2D eigenvalue weighted by Gasteiger charge is -2.14. The molecule has 0 aliphatic heterocycles. The van der Waals surface area contributed by atoms with Crippen molar-refractivity contribution >= 4 is 55.9 Å². The number of thioether (sulfide) groups is 1. The van der Waals surface area contributed by atoms with E-state index in [4.69, 9.17) is 4.74 Å². The number of hydrogen-bond acceptors (Lipinski definition) is 6. The van der Waals surface area contributed by atoms with Gasteiger partial charge in [-0.25, -0.2) is 9.37 Å². The van der Waals surface area contributed by atoms with Gasteiger partial charge in [0.2, 0.25) is 5.91 Å². The van der Waals surface area contributed by atoms with Crippen LogP contribution in [0.2, 0.25) is 0 Å². The van der Waals surface area contributed by atoms with Crippen LogP contribution in [0.25, 0.3) is 10.2 Å². The van der Waals surface area contributed by atoms with Gasteiger partial charge >= 0.3 is 0 Å². The standard InChI is InChI=1S/C25H22FN3O3S2/c1-3-21(24(31)29-25-28-20-12-11-18(32-2)14-22(20)34-25)33-19-6-4-5-17(13-19)27-23(30)15-7-9-16(26)10-8-15/h4-14,21H,3H2,1-2H3,(H,27,30)(H,28,29,31). The van der Waals surface area contributed by atoms with Crippen LogP contribution in [-0.4, -0.2) is 29.2 Å². The number of nitrogens with one attached hydrogen (secondary N) is 2. The quantitative estimate of drug-likeness (QED) is 0.284. The van der Waals surface area contributed by atoms with Crippen molar-refractivity contribution in [2.75, 3.05) is 17.7 Å². The number of nitrogens with zero attached hydrogens (tertiary/aromatic N) is 1. The van der Waals surface area contributed by atoms with Crippen LogP contribution in [0.4, 0.5) is 15.2 Å². The highest BCUT2D eigenvalue weighted by Gasteiger charge is 2.20. The van der Waals surface area contributed by atoms with Crippen molar-refractivity contribution in [3.63, 3.8) is 0 Å². The number of amides is 2. The Hall–Kier alpha value is -3.43. The van der Waals surface area contributed by atoms with Gasteiger partial charge in [0.05, 0.1) is 22.6 Å². The van der Waals surface area contributed by atoms with Crippen LogP contribution in [0, 0.1) is 5.82 Å². The van der Waals surface area contributed by atoms with E-state index in [0.29, 0.717) is 22.8 Å². The van der Waals surface area contributed by atoms with E-state index >= 15 is 0 Å². The highest BCUT2D eigenvalue weighted by atomic mass is 32.2. The lowest BCUT2D eigenvalue weighted by atomic mass is 10.2. The summed E-state index contributed by atoms with van der Waals surface area (Å²) in [6, 6.07) is 18.2. The van der Waals surface area contributed by atoms with Crippen LogP contribution >= 0.6 is 23.1 Å². The van der Waals surface area contributed by atoms with Crippen molar-refractivity contribution in [2.45, 2.75) is 23.5 Å². The molecule has 6 nitrogen and oxygen atoms in total. The maximum atomic E-state index is 13.1. The molecule has 0 radical (unpaired) electrons. The number of thiazole rings is 1. The Kier molecular flexibility index (Phi) is 7.44. The molecule has 4 rings (SSSR count). The smallest absolute Gasteiger partial charge is 0.255 e. The number of ether oxygens (including phenoxy) is 1. The molecule has 0 saturated carbocycles. The zero-order valence-corrected chi connectivity index (χ0v) is 20.1. The third kappa shape index (κ3) is 5.73. The van der Waals surface area contributed by atoms with Crippen molar-refractivity contribution in [1.82, 2.24) is 4.98 Å². The summed E-state index contributed by atoms with van der Waals surface area (Å²) in [6.07, 6.45) is 0.612. The number of aromatic nitrogens is 1. The molecule has 0 aliphatic carbocycles. The molecule has 0 saturated heterocycles. The Labute approximate surface area is 204 Å². The lowest BCUT2D eigenvalue weighted by Crippen LogP contribution is -2.24. The van der Waals surface area contributed by atoms with Crippen LogP contribution < -0.4 is 15.4 Å². The molecule has 0 fully saturated rings. The molecule has 1 aromatic heterocycles. The van der Waals surface area contributed by atoms with Crippen LogP contribution in [0.15, 0.2) is 71.6 Å². The molecule has 1 heterocycles. The maximum Gasteiger partial charge on any atom is 0.255 e. The van der Waals surface area contributed by atoms with Gasteiger partial charge in [0.25, 0.3) is 5.91 Å². The van der Waals surface area contributed by atoms with Gasteiger partial charge in [0, 0.05) is 16.1 Å². The summed E-state index contributed by atoms with van der Waals surface area (Å²) < 4.78 is 19.3. The van der Waals surface area contributed by atoms with E-state index in [2.05, 4.69) is 15.6 Å². The summed E-state index contributed by atoms with van der Waals surface area (Å²) in [5, 5.41) is 5.92. The Bertz CT molecular complexity index is 1320. The fourth-order valence-corrected chi connectivity index (χ4v) is 5.12. The Morgan fingerprint density at radius 2 is 1.88 bits per heavy atom. The highest BCUT2D eigenvalue weighted by molar-refractivity contribution is 8.00. The number of carbonyl (C=O) groups is 2. The summed E-state index contributed by atoms with van der Waals surface area (Å²) in [4.78, 5) is 30.7. The Balaban J connectivity index is 1.42. The normalized spacial score (nSPS) is 11.7. The second-order valence-corrected chi connectivity index (χ2v) is 9.65. The summed E-state index contributed by atoms with van der Waals surface area (Å²) >= 11 is 2.81. The SMILES string of the molecule is CCC(Sc1cccc(NC(=O)c2ccc(F)cc2)c1)C(=O)Nc1nc2ccc(OC)cc2s1. The van der Waals surface area contributed by atoms with Gasteiger partial charge in [-0.3, -0.25) is 9.59 Å². The number of benzene rings is 3. The molecule has 3 aromatic carbocycles. The first-order chi connectivity index (χ1) is 16.4. The van der Waals surface area contributed by atoms with E-state index in [-0.39, 0.29) is 17.1 Å². The van der Waals surface area contributed by atoms with E-state index in [1.165, 1.54) is 47.4 Å². The van der Waals surface area contributed by atoms with E-state index in [9.17, 15) is 14.0 Å².